The normalized spacial score (nSPS) is 10.3. The van der Waals surface area contributed by atoms with E-state index < -0.39 is 0 Å². The largest absolute Gasteiger partial charge is 0.483 e. The summed E-state index contributed by atoms with van der Waals surface area (Å²) in [5, 5.41) is 13.7. The van der Waals surface area contributed by atoms with Crippen molar-refractivity contribution in [2.45, 2.75) is 0 Å². The van der Waals surface area contributed by atoms with Gasteiger partial charge in [0.15, 0.2) is 6.61 Å². The zero-order valence-corrected chi connectivity index (χ0v) is 16.1. The van der Waals surface area contributed by atoms with Crippen LogP contribution in [-0.2, 0) is 4.79 Å². The maximum absolute atomic E-state index is 12.2. The highest BCUT2D eigenvalue weighted by Crippen LogP contribution is 2.32. The average Bonchev–Trinajstić information content (AvgIpc) is 2.62. The molecule has 124 valence electrons. The Hall–Kier alpha value is -2.36. The van der Waals surface area contributed by atoms with Crippen molar-refractivity contribution in [1.82, 2.24) is 0 Å². The lowest BCUT2D eigenvalue weighted by atomic mass is 10.1. The van der Waals surface area contributed by atoms with E-state index in [2.05, 4.69) is 43.2 Å². The van der Waals surface area contributed by atoms with Gasteiger partial charge < -0.3 is 10.1 Å². The minimum Gasteiger partial charge on any atom is -0.483 e. The van der Waals surface area contributed by atoms with Crippen LogP contribution in [0.25, 0.3) is 10.8 Å². The lowest BCUT2D eigenvalue weighted by Gasteiger charge is -2.12. The summed E-state index contributed by atoms with van der Waals surface area (Å²) in [5.74, 6) is 0.366. The maximum Gasteiger partial charge on any atom is 0.262 e. The Bertz CT molecular complexity index is 968. The molecule has 6 heteroatoms. The summed E-state index contributed by atoms with van der Waals surface area (Å²) < 4.78 is 6.93. The van der Waals surface area contributed by atoms with Gasteiger partial charge in [-0.1, -0.05) is 36.4 Å². The zero-order chi connectivity index (χ0) is 17.8. The van der Waals surface area contributed by atoms with Crippen molar-refractivity contribution in [2.75, 3.05) is 11.9 Å². The highest BCUT2D eigenvalue weighted by atomic mass is 79.9. The number of halogens is 2. The van der Waals surface area contributed by atoms with Gasteiger partial charge in [0, 0.05) is 14.3 Å². The number of nitriles is 1. The zero-order valence-electron chi connectivity index (χ0n) is 12.9. The van der Waals surface area contributed by atoms with Gasteiger partial charge in [-0.2, -0.15) is 5.26 Å². The number of hydrogen-bond donors (Lipinski definition) is 1. The van der Waals surface area contributed by atoms with Crippen molar-refractivity contribution >= 4 is 54.2 Å². The Kier molecular flexibility index (Phi) is 5.37. The van der Waals surface area contributed by atoms with Crippen LogP contribution >= 0.6 is 31.9 Å². The Morgan fingerprint density at radius 1 is 1.08 bits per heavy atom. The van der Waals surface area contributed by atoms with Gasteiger partial charge in [-0.15, -0.1) is 0 Å². The molecule has 3 aromatic carbocycles. The van der Waals surface area contributed by atoms with Crippen LogP contribution in [0.4, 0.5) is 5.69 Å². The van der Waals surface area contributed by atoms with Crippen molar-refractivity contribution in [3.63, 3.8) is 0 Å². The van der Waals surface area contributed by atoms with E-state index in [0.29, 0.717) is 25.9 Å². The molecule has 0 aliphatic rings. The molecule has 0 aromatic heterocycles. The summed E-state index contributed by atoms with van der Waals surface area (Å²) in [5.41, 5.74) is 1.05. The Morgan fingerprint density at radius 3 is 2.48 bits per heavy atom. The molecular formula is C19H12Br2N2O2. The van der Waals surface area contributed by atoms with Crippen molar-refractivity contribution in [1.29, 1.82) is 5.26 Å². The molecule has 0 aliphatic heterocycles. The maximum atomic E-state index is 12.2. The third-order valence-electron chi connectivity index (χ3n) is 3.54. The van der Waals surface area contributed by atoms with Crippen LogP contribution in [0, 0.1) is 11.3 Å². The van der Waals surface area contributed by atoms with E-state index in [-0.39, 0.29) is 12.5 Å². The minimum absolute atomic E-state index is 0.118. The number of hydrogen-bond acceptors (Lipinski definition) is 3. The van der Waals surface area contributed by atoms with Gasteiger partial charge in [0.05, 0.1) is 17.3 Å². The number of anilines is 1. The van der Waals surface area contributed by atoms with E-state index in [1.165, 1.54) is 0 Å². The van der Waals surface area contributed by atoms with E-state index in [4.69, 9.17) is 10.00 Å². The summed E-state index contributed by atoms with van der Waals surface area (Å²) in [6.07, 6.45) is 0. The monoisotopic (exact) mass is 458 g/mol. The van der Waals surface area contributed by atoms with Crippen molar-refractivity contribution in [3.8, 4) is 11.8 Å². The van der Waals surface area contributed by atoms with Crippen molar-refractivity contribution in [3.05, 3.63) is 69.1 Å². The molecule has 0 heterocycles. The molecule has 3 aromatic rings. The smallest absolute Gasteiger partial charge is 0.262 e. The lowest BCUT2D eigenvalue weighted by molar-refractivity contribution is -0.118. The number of benzene rings is 3. The highest BCUT2D eigenvalue weighted by Gasteiger charge is 2.12. The quantitative estimate of drug-likeness (QED) is 0.579. The molecule has 0 saturated carbocycles. The molecule has 0 unspecified atom stereocenters. The Balaban J connectivity index is 1.72. The molecule has 0 radical (unpaired) electrons. The first-order chi connectivity index (χ1) is 12.1. The van der Waals surface area contributed by atoms with Crippen LogP contribution in [-0.4, -0.2) is 12.5 Å². The molecule has 25 heavy (non-hydrogen) atoms. The number of amides is 1. The second-order valence-electron chi connectivity index (χ2n) is 5.24. The Morgan fingerprint density at radius 2 is 1.76 bits per heavy atom. The van der Waals surface area contributed by atoms with Crippen molar-refractivity contribution < 1.29 is 9.53 Å². The summed E-state index contributed by atoms with van der Waals surface area (Å²) in [7, 11) is 0. The first-order valence-electron chi connectivity index (χ1n) is 7.38. The van der Waals surface area contributed by atoms with Crippen LogP contribution in [0.2, 0.25) is 0 Å². The van der Waals surface area contributed by atoms with Crippen LogP contribution in [0.1, 0.15) is 5.56 Å². The van der Waals surface area contributed by atoms with Gasteiger partial charge in [-0.05, 0) is 55.4 Å². The van der Waals surface area contributed by atoms with E-state index in [1.54, 1.807) is 12.1 Å². The number of nitrogens with one attached hydrogen (secondary N) is 1. The third-order valence-corrected chi connectivity index (χ3v) is 4.79. The minimum atomic E-state index is -0.293. The van der Waals surface area contributed by atoms with Gasteiger partial charge in [0.1, 0.15) is 5.75 Å². The fraction of sp³-hybridized carbons (Fsp3) is 0.0526. The number of carbonyl (C=O) groups excluding carboxylic acids is 1. The molecule has 0 fully saturated rings. The fourth-order valence-corrected chi connectivity index (χ4v) is 3.78. The predicted molar refractivity (Wildman–Crippen MR) is 105 cm³/mol. The number of carbonyl (C=O) groups is 1. The van der Waals surface area contributed by atoms with Crippen molar-refractivity contribution in [2.24, 2.45) is 0 Å². The summed E-state index contributed by atoms with van der Waals surface area (Å²) in [4.78, 5) is 12.2. The van der Waals surface area contributed by atoms with E-state index in [0.717, 1.165) is 10.8 Å². The van der Waals surface area contributed by atoms with Crippen LogP contribution < -0.4 is 10.1 Å². The topological polar surface area (TPSA) is 62.1 Å². The van der Waals surface area contributed by atoms with E-state index in [1.807, 2.05) is 42.5 Å². The molecule has 0 atom stereocenters. The Labute approximate surface area is 161 Å². The SMILES string of the molecule is N#Cc1cc(Br)c(NC(=O)COc2cccc3ccccc23)c(Br)c1. The van der Waals surface area contributed by atoms with Gasteiger partial charge in [0.2, 0.25) is 0 Å². The van der Waals surface area contributed by atoms with Gasteiger partial charge in [-0.25, -0.2) is 0 Å². The van der Waals surface area contributed by atoms with Crippen LogP contribution in [0.15, 0.2) is 63.5 Å². The number of ether oxygens (including phenoxy) is 1. The third kappa shape index (κ3) is 4.01. The van der Waals surface area contributed by atoms with E-state index in [9.17, 15) is 4.79 Å². The standard InChI is InChI=1S/C19H12Br2N2O2/c20-15-8-12(10-22)9-16(21)19(15)23-18(24)11-25-17-7-3-5-13-4-1-2-6-14(13)17/h1-9H,11H2,(H,23,24). The molecular weight excluding hydrogens is 448 g/mol. The summed E-state index contributed by atoms with van der Waals surface area (Å²) >= 11 is 6.72. The van der Waals surface area contributed by atoms with Gasteiger partial charge in [0.25, 0.3) is 5.91 Å². The number of nitrogens with zero attached hydrogens (tertiary/aromatic N) is 1. The highest BCUT2D eigenvalue weighted by molar-refractivity contribution is 9.11. The van der Waals surface area contributed by atoms with Gasteiger partial charge in [-0.3, -0.25) is 4.79 Å². The molecule has 3 rings (SSSR count). The average molecular weight is 460 g/mol. The molecule has 0 spiro atoms. The first kappa shape index (κ1) is 17.5. The molecule has 0 saturated heterocycles. The fourth-order valence-electron chi connectivity index (χ4n) is 2.40. The lowest BCUT2D eigenvalue weighted by Crippen LogP contribution is -2.20. The van der Waals surface area contributed by atoms with Gasteiger partial charge >= 0.3 is 0 Å². The predicted octanol–water partition coefficient (Wildman–Crippen LogP) is 5.25. The summed E-state index contributed by atoms with van der Waals surface area (Å²) in [6.45, 7) is -0.118. The first-order valence-corrected chi connectivity index (χ1v) is 8.96. The van der Waals surface area contributed by atoms with E-state index >= 15 is 0 Å². The van der Waals surface area contributed by atoms with Crippen LogP contribution in [0.3, 0.4) is 0 Å². The molecule has 0 aliphatic carbocycles. The second kappa shape index (κ2) is 7.68. The number of fused-ring (bicyclic) bond motifs is 1. The molecule has 4 nitrogen and oxygen atoms in total. The second-order valence-corrected chi connectivity index (χ2v) is 6.95. The molecule has 0 bridgehead atoms. The molecule has 1 amide bonds. The summed E-state index contributed by atoms with van der Waals surface area (Å²) in [6, 6.07) is 18.9. The molecule has 1 N–H and O–H groups in total. The number of rotatable bonds is 4. The van der Waals surface area contributed by atoms with Crippen LogP contribution in [0.5, 0.6) is 5.75 Å².